The molecule has 80 heavy (non-hydrogen) atoms. The molecule has 1 aromatic heterocycles. The van der Waals surface area contributed by atoms with Crippen LogP contribution in [0.5, 0.6) is 0 Å². The normalized spacial score (nSPS) is 17.6. The smallest absolute Gasteiger partial charge is 0.549 e. The minimum absolute atomic E-state index is 0. The largest absolute Gasteiger partial charge is 3.00 e. The van der Waals surface area contributed by atoms with Crippen molar-refractivity contribution in [2.24, 2.45) is 22.9 Å². The molecular weight excluding hydrogens is 1080 g/mol. The molecule has 0 spiro atoms. The molecule has 0 unspecified atom stereocenters. The standard InChI is InChI=1S/C54H71N13O12.Fe/c55-22-5-3-12-40-52(77)62-39(50(58)75)11-2-1-8-33-14-18-35(19-15-33)42-26-43(60-36-20-16-34(27-56)17-21-36)37-9-7-10-38(49(37)61-42)51(76)65-44(28-57)54(79)64-41(53(78)63-40)13-4-6-23-59-45(68)29-66(30-46(69)70)24-25-67(31-47(71)72)32-48(73)74;/h1-2,7,9-10,14-21,26,39-41,44H,3-6,8,11-13,22-25,27-32,55-57H2,(H2,58,75)(H,59,68)(H,60,61)(H,62,77)(H,63,78)(H,64,79)(H,65,76)(H,69,70)(H,71,72)(H,73,74);/q;+3/p-3/b2-1+;/t39-,40-,41-,44-;/m0./s1. The van der Waals surface area contributed by atoms with Crippen LogP contribution >= 0.6 is 0 Å². The van der Waals surface area contributed by atoms with Gasteiger partial charge in [-0.2, -0.15) is 0 Å². The maximum Gasteiger partial charge on any atom is 3.00 e. The predicted octanol–water partition coefficient (Wildman–Crippen LogP) is -4.13. The second kappa shape index (κ2) is 32.9. The summed E-state index contributed by atoms with van der Waals surface area (Å²) in [6.45, 7) is -3.15. The molecule has 0 saturated heterocycles. The van der Waals surface area contributed by atoms with E-state index in [1.54, 1.807) is 24.3 Å². The van der Waals surface area contributed by atoms with E-state index in [1.165, 1.54) is 0 Å². The van der Waals surface area contributed by atoms with Gasteiger partial charge in [0.05, 0.1) is 46.9 Å². The molecule has 2 aliphatic rings. The van der Waals surface area contributed by atoms with Gasteiger partial charge in [-0.15, -0.1) is 0 Å². The van der Waals surface area contributed by atoms with Crippen LogP contribution in [0.4, 0.5) is 11.4 Å². The number of aromatic nitrogens is 1. The number of anilines is 2. The van der Waals surface area contributed by atoms with E-state index in [0.29, 0.717) is 48.1 Å². The summed E-state index contributed by atoms with van der Waals surface area (Å²) in [6.07, 6.45) is 5.23. The summed E-state index contributed by atoms with van der Waals surface area (Å²) in [5, 5.41) is 51.1. The maximum atomic E-state index is 14.4. The van der Waals surface area contributed by atoms with Gasteiger partial charge in [-0.05, 0) is 93.3 Å². The Hall–Kier alpha value is -7.84. The quantitative estimate of drug-likeness (QED) is 0.0130. The summed E-state index contributed by atoms with van der Waals surface area (Å²) < 4.78 is 0. The number of carboxylic acids is 3. The van der Waals surface area contributed by atoms with E-state index in [-0.39, 0.29) is 80.9 Å². The third kappa shape index (κ3) is 20.8. The number of hydrogen-bond donors (Lipinski definition) is 10. The molecule has 3 heterocycles. The fourth-order valence-corrected chi connectivity index (χ4v) is 8.61. The van der Waals surface area contributed by atoms with E-state index in [1.807, 2.05) is 60.7 Å². The van der Waals surface area contributed by atoms with Crippen LogP contribution in [-0.2, 0) is 68.4 Å². The number of aliphatic carboxylic acids is 3. The molecule has 3 aromatic carbocycles. The van der Waals surface area contributed by atoms with Gasteiger partial charge in [-0.3, -0.25) is 38.6 Å². The Morgan fingerprint density at radius 2 is 1.26 bits per heavy atom. The first-order chi connectivity index (χ1) is 37.9. The molecule has 0 aliphatic carbocycles. The summed E-state index contributed by atoms with van der Waals surface area (Å²) in [5.74, 6) is -9.30. The number of fused-ring (bicyclic) bond motifs is 16. The molecule has 14 N–H and O–H groups in total. The summed E-state index contributed by atoms with van der Waals surface area (Å²) in [4.78, 5) is 123. The molecular formula is C54H68FeN13O12. The van der Waals surface area contributed by atoms with Gasteiger partial charge in [0, 0.05) is 69.0 Å². The summed E-state index contributed by atoms with van der Waals surface area (Å²) in [6, 6.07) is 16.8. The summed E-state index contributed by atoms with van der Waals surface area (Å²) in [5.41, 5.74) is 28.3. The Bertz CT molecular complexity index is 2810. The summed E-state index contributed by atoms with van der Waals surface area (Å²) >= 11 is 0. The topological polar surface area (TPSA) is 418 Å². The Morgan fingerprint density at radius 3 is 1.84 bits per heavy atom. The molecule has 26 heteroatoms. The first kappa shape index (κ1) is 64.7. The number of para-hydroxylation sites is 1. The van der Waals surface area contributed by atoms with E-state index in [2.05, 4.69) is 31.9 Å². The zero-order valence-electron chi connectivity index (χ0n) is 44.0. The number of allylic oxidation sites excluding steroid dienone is 1. The molecule has 0 fully saturated rings. The second-order valence-corrected chi connectivity index (χ2v) is 18.9. The zero-order chi connectivity index (χ0) is 57.4. The van der Waals surface area contributed by atoms with Gasteiger partial charge in [0.2, 0.25) is 29.5 Å². The zero-order valence-corrected chi connectivity index (χ0v) is 45.1. The molecule has 25 nitrogen and oxygen atoms in total. The number of primary amides is 1. The van der Waals surface area contributed by atoms with Crippen molar-refractivity contribution in [3.8, 4) is 11.3 Å². The number of nitrogens with two attached hydrogens (primary N) is 4. The van der Waals surface area contributed by atoms with Gasteiger partial charge in [0.15, 0.2) is 0 Å². The number of carbonyl (C=O) groups excluding carboxylic acids is 9. The van der Waals surface area contributed by atoms with Crippen LogP contribution in [0.2, 0.25) is 0 Å². The van der Waals surface area contributed by atoms with Crippen molar-refractivity contribution >= 4 is 75.6 Å². The minimum atomic E-state index is -1.58. The van der Waals surface area contributed by atoms with Crippen molar-refractivity contribution in [1.82, 2.24) is 41.4 Å². The Kier molecular flexibility index (Phi) is 26.6. The van der Waals surface area contributed by atoms with Gasteiger partial charge < -0.3 is 84.5 Å². The van der Waals surface area contributed by atoms with Gasteiger partial charge in [-0.25, -0.2) is 4.98 Å². The Labute approximate surface area is 472 Å². The predicted molar refractivity (Wildman–Crippen MR) is 285 cm³/mol. The summed E-state index contributed by atoms with van der Waals surface area (Å²) in [7, 11) is 0. The van der Waals surface area contributed by atoms with Crippen LogP contribution < -0.4 is 70.2 Å². The van der Waals surface area contributed by atoms with Crippen LogP contribution in [0.15, 0.2) is 84.9 Å². The van der Waals surface area contributed by atoms with E-state index in [4.69, 9.17) is 27.9 Å². The van der Waals surface area contributed by atoms with Gasteiger partial charge in [-0.1, -0.05) is 60.7 Å². The van der Waals surface area contributed by atoms with Crippen molar-refractivity contribution in [1.29, 1.82) is 0 Å². The molecule has 429 valence electrons. The van der Waals surface area contributed by atoms with Crippen LogP contribution in [0.25, 0.3) is 22.2 Å². The van der Waals surface area contributed by atoms with Crippen LogP contribution in [0.3, 0.4) is 0 Å². The SMILES string of the molecule is NCCCC[C@@H]1NC(=O)[C@H](CCCCNC(=O)CN(CCN(CC(=O)[O-])CC(=O)[O-])CC(=O)[O-])NC(=O)[C@H](CN)NC(=O)c2cccc3c(Nc4ccc(CN)cc4)cc(nc23)-c2ccc(cc2)C/C=C/C[C@@H](C(N)=O)NC1=O.[Fe+3]. The number of unbranched alkanes of at least 4 members (excludes halogenated alkanes) is 2. The molecule has 4 atom stereocenters. The molecule has 1 radical (unpaired) electrons. The van der Waals surface area contributed by atoms with E-state index >= 15 is 0 Å². The van der Waals surface area contributed by atoms with Crippen LogP contribution in [0, 0.1) is 0 Å². The number of benzene rings is 3. The van der Waals surface area contributed by atoms with Crippen molar-refractivity contribution in [3.63, 3.8) is 0 Å². The first-order valence-corrected chi connectivity index (χ1v) is 25.8. The van der Waals surface area contributed by atoms with Gasteiger partial charge >= 0.3 is 17.1 Å². The van der Waals surface area contributed by atoms with Crippen molar-refractivity contribution in [2.75, 3.05) is 64.2 Å². The number of nitrogens with zero attached hydrogens (tertiary/aromatic N) is 3. The van der Waals surface area contributed by atoms with Crippen molar-refractivity contribution in [2.45, 2.75) is 82.1 Å². The van der Waals surface area contributed by atoms with Crippen molar-refractivity contribution < 1.29 is 75.5 Å². The number of nitrogens with one attached hydrogen (secondary N) is 6. The molecule has 2 aliphatic heterocycles. The number of amides is 6. The Morgan fingerprint density at radius 1 is 0.675 bits per heavy atom. The third-order valence-electron chi connectivity index (χ3n) is 12.8. The molecule has 0 saturated carbocycles. The number of pyridine rings is 1. The number of hydrogen-bond acceptors (Lipinski definition) is 19. The number of carboxylic acid groups (broad SMARTS) is 3. The minimum Gasteiger partial charge on any atom is -0.549 e. The third-order valence-corrected chi connectivity index (χ3v) is 12.8. The average Bonchev–Trinajstić information content (AvgIpc) is 3.40. The van der Waals surface area contributed by atoms with Crippen molar-refractivity contribution in [3.05, 3.63) is 102 Å². The first-order valence-electron chi connectivity index (χ1n) is 25.8. The van der Waals surface area contributed by atoms with E-state index in [9.17, 15) is 58.5 Å². The van der Waals surface area contributed by atoms with Crippen LogP contribution in [0.1, 0.15) is 66.4 Å². The monoisotopic (exact) mass is 1150 g/mol. The fourth-order valence-electron chi connectivity index (χ4n) is 8.61. The second-order valence-electron chi connectivity index (χ2n) is 18.9. The Balaban J connectivity index is 0.0000138. The molecule has 4 bridgehead atoms. The number of rotatable bonds is 25. The maximum absolute atomic E-state index is 14.4. The van der Waals surface area contributed by atoms with Crippen LogP contribution in [-0.4, -0.2) is 151 Å². The van der Waals surface area contributed by atoms with Gasteiger partial charge in [0.25, 0.3) is 5.91 Å². The molecule has 6 amide bonds. The van der Waals surface area contributed by atoms with E-state index in [0.717, 1.165) is 32.2 Å². The fraction of sp³-hybridized carbons (Fsp3) is 0.407. The molecule has 6 rings (SSSR count). The number of carbonyl (C=O) groups is 9. The van der Waals surface area contributed by atoms with Gasteiger partial charge in [0.1, 0.15) is 24.2 Å². The molecule has 4 aromatic rings. The average molecular weight is 1150 g/mol. The van der Waals surface area contributed by atoms with E-state index < -0.39 is 110 Å².